The summed E-state index contributed by atoms with van der Waals surface area (Å²) in [6, 6.07) is 6.71. The number of nitrogens with zero attached hydrogens (tertiary/aromatic N) is 5. The van der Waals surface area contributed by atoms with Crippen LogP contribution in [-0.2, 0) is 0 Å². The molecule has 0 spiro atoms. The van der Waals surface area contributed by atoms with Crippen LogP contribution in [0.5, 0.6) is 0 Å². The molecule has 0 amide bonds. The SMILES string of the molecule is CN(C)c1cccnc1Nc1nc(-c2ccc(F)cn2)ns1. The highest BCUT2D eigenvalue weighted by Gasteiger charge is 2.11. The van der Waals surface area contributed by atoms with Gasteiger partial charge in [0.05, 0.1) is 11.9 Å². The summed E-state index contributed by atoms with van der Waals surface area (Å²) in [5.74, 6) is 0.763. The zero-order valence-electron chi connectivity index (χ0n) is 12.0. The van der Waals surface area contributed by atoms with Crippen LogP contribution in [0.4, 0.5) is 21.0 Å². The van der Waals surface area contributed by atoms with Gasteiger partial charge in [-0.2, -0.15) is 9.36 Å². The maximum atomic E-state index is 12.9. The summed E-state index contributed by atoms with van der Waals surface area (Å²) in [5, 5.41) is 3.75. The van der Waals surface area contributed by atoms with Gasteiger partial charge in [-0.3, -0.25) is 0 Å². The number of anilines is 3. The van der Waals surface area contributed by atoms with Gasteiger partial charge in [-0.15, -0.1) is 0 Å². The maximum Gasteiger partial charge on any atom is 0.208 e. The number of halogens is 1. The summed E-state index contributed by atoms with van der Waals surface area (Å²) in [6.07, 6.45) is 2.85. The number of pyridine rings is 2. The minimum atomic E-state index is -0.388. The van der Waals surface area contributed by atoms with Crippen LogP contribution in [0.3, 0.4) is 0 Å². The fourth-order valence-corrected chi connectivity index (χ4v) is 2.42. The molecule has 3 aromatic heterocycles. The van der Waals surface area contributed by atoms with Crippen molar-refractivity contribution in [1.82, 2.24) is 19.3 Å². The van der Waals surface area contributed by atoms with E-state index in [1.807, 2.05) is 31.1 Å². The fraction of sp³-hybridized carbons (Fsp3) is 0.143. The van der Waals surface area contributed by atoms with E-state index in [1.165, 1.54) is 17.6 Å². The molecule has 0 saturated heterocycles. The van der Waals surface area contributed by atoms with Crippen LogP contribution in [0.1, 0.15) is 0 Å². The minimum absolute atomic E-state index is 0.388. The summed E-state index contributed by atoms with van der Waals surface area (Å²) in [4.78, 5) is 14.6. The largest absolute Gasteiger partial charge is 0.375 e. The Morgan fingerprint density at radius 3 is 2.77 bits per heavy atom. The highest BCUT2D eigenvalue weighted by Crippen LogP contribution is 2.27. The predicted molar refractivity (Wildman–Crippen MR) is 84.9 cm³/mol. The van der Waals surface area contributed by atoms with Crippen molar-refractivity contribution in [1.29, 1.82) is 0 Å². The normalized spacial score (nSPS) is 10.5. The van der Waals surface area contributed by atoms with Gasteiger partial charge in [-0.05, 0) is 24.3 Å². The summed E-state index contributed by atoms with van der Waals surface area (Å²) in [6.45, 7) is 0. The van der Waals surface area contributed by atoms with Crippen molar-refractivity contribution in [2.24, 2.45) is 0 Å². The second-order valence-corrected chi connectivity index (χ2v) is 5.43. The van der Waals surface area contributed by atoms with Crippen molar-refractivity contribution >= 4 is 28.2 Å². The molecular formula is C14H13FN6S. The zero-order chi connectivity index (χ0) is 15.5. The van der Waals surface area contributed by atoms with Gasteiger partial charge < -0.3 is 10.2 Å². The predicted octanol–water partition coefficient (Wildman–Crippen LogP) is 2.94. The van der Waals surface area contributed by atoms with Gasteiger partial charge in [0.15, 0.2) is 11.6 Å². The summed E-state index contributed by atoms with van der Waals surface area (Å²) >= 11 is 1.20. The lowest BCUT2D eigenvalue weighted by molar-refractivity contribution is 0.621. The molecule has 0 aromatic carbocycles. The van der Waals surface area contributed by atoms with Gasteiger partial charge in [-0.1, -0.05) is 0 Å². The maximum absolute atomic E-state index is 12.9. The Morgan fingerprint density at radius 2 is 2.05 bits per heavy atom. The van der Waals surface area contributed by atoms with Crippen molar-refractivity contribution in [2.45, 2.75) is 0 Å². The summed E-state index contributed by atoms with van der Waals surface area (Å²) < 4.78 is 17.1. The van der Waals surface area contributed by atoms with Crippen LogP contribution in [0.15, 0.2) is 36.7 Å². The van der Waals surface area contributed by atoms with Crippen LogP contribution < -0.4 is 10.2 Å². The molecule has 0 fully saturated rings. The molecule has 0 aliphatic heterocycles. The molecule has 0 saturated carbocycles. The first-order valence-electron chi connectivity index (χ1n) is 6.48. The van der Waals surface area contributed by atoms with E-state index in [0.717, 1.165) is 11.9 Å². The Hall–Kier alpha value is -2.61. The molecule has 0 aliphatic rings. The average Bonchev–Trinajstić information content (AvgIpc) is 2.97. The Morgan fingerprint density at radius 1 is 1.18 bits per heavy atom. The monoisotopic (exact) mass is 316 g/mol. The summed E-state index contributed by atoms with van der Waals surface area (Å²) in [7, 11) is 3.88. The van der Waals surface area contributed by atoms with Gasteiger partial charge >= 0.3 is 0 Å². The second-order valence-electron chi connectivity index (χ2n) is 4.68. The van der Waals surface area contributed by atoms with Crippen molar-refractivity contribution in [3.05, 3.63) is 42.5 Å². The molecule has 0 radical (unpaired) electrons. The van der Waals surface area contributed by atoms with Gasteiger partial charge in [0.25, 0.3) is 0 Å². The molecule has 3 rings (SSSR count). The van der Waals surface area contributed by atoms with Gasteiger partial charge in [0.2, 0.25) is 5.13 Å². The lowest BCUT2D eigenvalue weighted by atomic mass is 10.3. The third-order valence-electron chi connectivity index (χ3n) is 2.88. The zero-order valence-corrected chi connectivity index (χ0v) is 12.8. The number of hydrogen-bond acceptors (Lipinski definition) is 7. The lowest BCUT2D eigenvalue weighted by Gasteiger charge is -2.15. The standard InChI is InChI=1S/C14H13FN6S/c1-21(2)11-4-3-7-16-13(11)19-14-18-12(20-22-14)10-6-5-9(15)8-17-10/h3-8H,1-2H3,(H,16,18,19,20). The van der Waals surface area contributed by atoms with Crippen LogP contribution in [0.25, 0.3) is 11.5 Å². The van der Waals surface area contributed by atoms with Gasteiger partial charge in [0.1, 0.15) is 11.5 Å². The first-order chi connectivity index (χ1) is 10.6. The lowest BCUT2D eigenvalue weighted by Crippen LogP contribution is -2.11. The van der Waals surface area contributed by atoms with Gasteiger partial charge in [-0.25, -0.2) is 14.4 Å². The van der Waals surface area contributed by atoms with Gasteiger partial charge in [0, 0.05) is 31.8 Å². The van der Waals surface area contributed by atoms with E-state index in [9.17, 15) is 4.39 Å². The van der Waals surface area contributed by atoms with E-state index in [4.69, 9.17) is 0 Å². The molecule has 6 nitrogen and oxygen atoms in total. The third-order valence-corrected chi connectivity index (χ3v) is 3.51. The van der Waals surface area contributed by atoms with E-state index in [-0.39, 0.29) is 5.82 Å². The van der Waals surface area contributed by atoms with Crippen LogP contribution in [0.2, 0.25) is 0 Å². The number of rotatable bonds is 4. The first-order valence-corrected chi connectivity index (χ1v) is 7.26. The van der Waals surface area contributed by atoms with Crippen molar-refractivity contribution < 1.29 is 4.39 Å². The Kier molecular flexibility index (Phi) is 3.92. The van der Waals surface area contributed by atoms with E-state index < -0.39 is 0 Å². The Labute approximate surface area is 130 Å². The number of hydrogen-bond donors (Lipinski definition) is 1. The molecule has 0 bridgehead atoms. The van der Waals surface area contributed by atoms with Crippen LogP contribution >= 0.6 is 11.5 Å². The van der Waals surface area contributed by atoms with E-state index >= 15 is 0 Å². The second kappa shape index (κ2) is 6.02. The molecular weight excluding hydrogens is 303 g/mol. The molecule has 112 valence electrons. The molecule has 3 heterocycles. The van der Waals surface area contributed by atoms with Crippen molar-refractivity contribution in [2.75, 3.05) is 24.3 Å². The van der Waals surface area contributed by atoms with Crippen LogP contribution in [-0.4, -0.2) is 33.4 Å². The molecule has 0 unspecified atom stereocenters. The number of aromatic nitrogens is 4. The van der Waals surface area contributed by atoms with E-state index in [0.29, 0.717) is 22.5 Å². The highest BCUT2D eigenvalue weighted by atomic mass is 32.1. The quantitative estimate of drug-likeness (QED) is 0.798. The Bertz CT molecular complexity index is 771. The molecule has 3 aromatic rings. The summed E-state index contributed by atoms with van der Waals surface area (Å²) in [5.41, 5.74) is 1.47. The number of nitrogens with one attached hydrogen (secondary N) is 1. The highest BCUT2D eigenvalue weighted by molar-refractivity contribution is 7.09. The smallest absolute Gasteiger partial charge is 0.208 e. The molecule has 22 heavy (non-hydrogen) atoms. The fourth-order valence-electron chi connectivity index (χ4n) is 1.84. The molecule has 8 heteroatoms. The van der Waals surface area contributed by atoms with Crippen molar-refractivity contribution in [3.63, 3.8) is 0 Å². The molecule has 0 aliphatic carbocycles. The van der Waals surface area contributed by atoms with E-state index in [1.54, 1.807) is 12.3 Å². The molecule has 1 N–H and O–H groups in total. The Balaban J connectivity index is 1.85. The van der Waals surface area contributed by atoms with Crippen molar-refractivity contribution in [3.8, 4) is 11.5 Å². The van der Waals surface area contributed by atoms with E-state index in [2.05, 4.69) is 24.6 Å². The molecule has 0 atom stereocenters. The first kappa shape index (κ1) is 14.3. The minimum Gasteiger partial charge on any atom is -0.375 e. The third kappa shape index (κ3) is 3.01. The van der Waals surface area contributed by atoms with Crippen LogP contribution in [0, 0.1) is 5.82 Å². The topological polar surface area (TPSA) is 66.8 Å². The average molecular weight is 316 g/mol.